The second-order valence-electron chi connectivity index (χ2n) is 4.82. The molecule has 1 aromatic carbocycles. The first kappa shape index (κ1) is 13.1. The van der Waals surface area contributed by atoms with Gasteiger partial charge in [0.05, 0.1) is 6.42 Å². The Morgan fingerprint density at radius 1 is 1.28 bits per heavy atom. The molecular weight excluding hydrogens is 224 g/mol. The first-order valence-electron chi connectivity index (χ1n) is 6.85. The minimum Gasteiger partial charge on any atom is -0.340 e. The Kier molecular flexibility index (Phi) is 4.76. The van der Waals surface area contributed by atoms with E-state index in [-0.39, 0.29) is 5.91 Å². The number of hydrogen-bond acceptors (Lipinski definition) is 2. The largest absolute Gasteiger partial charge is 0.340 e. The first-order chi connectivity index (χ1) is 8.81. The number of carbonyl (C=O) groups is 1. The van der Waals surface area contributed by atoms with Crippen LogP contribution < -0.4 is 5.32 Å². The van der Waals surface area contributed by atoms with Gasteiger partial charge in [-0.15, -0.1) is 0 Å². The maximum absolute atomic E-state index is 12.3. The van der Waals surface area contributed by atoms with Crippen LogP contribution in [0.25, 0.3) is 0 Å². The Morgan fingerprint density at radius 2 is 1.94 bits per heavy atom. The van der Waals surface area contributed by atoms with E-state index in [1.54, 1.807) is 0 Å². The molecule has 1 aromatic rings. The predicted molar refractivity (Wildman–Crippen MR) is 73.4 cm³/mol. The van der Waals surface area contributed by atoms with Crippen LogP contribution >= 0.6 is 0 Å². The van der Waals surface area contributed by atoms with Gasteiger partial charge in [-0.1, -0.05) is 30.3 Å². The average molecular weight is 246 g/mol. The molecule has 1 N–H and O–H groups in total. The van der Waals surface area contributed by atoms with Gasteiger partial charge in [-0.2, -0.15) is 0 Å². The number of nitrogens with one attached hydrogen (secondary N) is 1. The van der Waals surface area contributed by atoms with E-state index in [9.17, 15) is 4.79 Å². The highest BCUT2D eigenvalue weighted by Gasteiger charge is 2.23. The zero-order valence-corrected chi connectivity index (χ0v) is 11.1. The maximum atomic E-state index is 12.3. The standard InChI is InChI=1S/C15H22N2O/c1-2-17(14-8-10-16-11-9-14)15(18)12-13-6-4-3-5-7-13/h3-7,14,16H,2,8-12H2,1H3. The molecule has 3 nitrogen and oxygen atoms in total. The molecule has 0 spiro atoms. The van der Waals surface area contributed by atoms with Crippen LogP contribution in [-0.2, 0) is 11.2 Å². The highest BCUT2D eigenvalue weighted by atomic mass is 16.2. The van der Waals surface area contributed by atoms with Crippen LogP contribution in [0.2, 0.25) is 0 Å². The van der Waals surface area contributed by atoms with E-state index >= 15 is 0 Å². The van der Waals surface area contributed by atoms with E-state index in [1.165, 1.54) is 0 Å². The van der Waals surface area contributed by atoms with Gasteiger partial charge in [0.15, 0.2) is 0 Å². The number of hydrogen-bond donors (Lipinski definition) is 1. The van der Waals surface area contributed by atoms with Crippen molar-refractivity contribution in [1.82, 2.24) is 10.2 Å². The van der Waals surface area contributed by atoms with Gasteiger partial charge in [-0.3, -0.25) is 4.79 Å². The molecule has 0 aromatic heterocycles. The van der Waals surface area contributed by atoms with Crippen molar-refractivity contribution in [3.05, 3.63) is 35.9 Å². The van der Waals surface area contributed by atoms with Gasteiger partial charge in [-0.25, -0.2) is 0 Å². The Balaban J connectivity index is 1.96. The second-order valence-corrected chi connectivity index (χ2v) is 4.82. The summed E-state index contributed by atoms with van der Waals surface area (Å²) in [7, 11) is 0. The second kappa shape index (κ2) is 6.55. The molecule has 0 bridgehead atoms. The van der Waals surface area contributed by atoms with Crippen molar-refractivity contribution in [2.45, 2.75) is 32.2 Å². The lowest BCUT2D eigenvalue weighted by Gasteiger charge is -2.34. The summed E-state index contributed by atoms with van der Waals surface area (Å²) in [6.07, 6.45) is 2.68. The van der Waals surface area contributed by atoms with Crippen molar-refractivity contribution in [1.29, 1.82) is 0 Å². The molecule has 0 radical (unpaired) electrons. The van der Waals surface area contributed by atoms with Crippen LogP contribution in [0.4, 0.5) is 0 Å². The summed E-state index contributed by atoms with van der Waals surface area (Å²) >= 11 is 0. The van der Waals surface area contributed by atoms with Crippen molar-refractivity contribution >= 4 is 5.91 Å². The van der Waals surface area contributed by atoms with Gasteiger partial charge >= 0.3 is 0 Å². The highest BCUT2D eigenvalue weighted by Crippen LogP contribution is 2.13. The van der Waals surface area contributed by atoms with Gasteiger partial charge in [0.25, 0.3) is 0 Å². The van der Waals surface area contributed by atoms with Crippen molar-refractivity contribution in [2.24, 2.45) is 0 Å². The number of piperidine rings is 1. The molecule has 1 aliphatic heterocycles. The van der Waals surface area contributed by atoms with Crippen LogP contribution in [-0.4, -0.2) is 36.5 Å². The van der Waals surface area contributed by atoms with Crippen LogP contribution in [0.15, 0.2) is 30.3 Å². The van der Waals surface area contributed by atoms with Gasteiger partial charge in [0, 0.05) is 12.6 Å². The van der Waals surface area contributed by atoms with E-state index in [2.05, 4.69) is 12.2 Å². The lowest BCUT2D eigenvalue weighted by molar-refractivity contribution is -0.133. The van der Waals surface area contributed by atoms with Gasteiger partial charge < -0.3 is 10.2 Å². The monoisotopic (exact) mass is 246 g/mol. The average Bonchev–Trinajstić information content (AvgIpc) is 2.42. The third-order valence-electron chi connectivity index (χ3n) is 3.61. The summed E-state index contributed by atoms with van der Waals surface area (Å²) in [6.45, 7) is 4.95. The zero-order valence-electron chi connectivity index (χ0n) is 11.1. The van der Waals surface area contributed by atoms with E-state index in [4.69, 9.17) is 0 Å². The summed E-state index contributed by atoms with van der Waals surface area (Å²) in [5, 5.41) is 3.34. The molecule has 2 rings (SSSR count). The topological polar surface area (TPSA) is 32.3 Å². The van der Waals surface area contributed by atoms with E-state index < -0.39 is 0 Å². The molecule has 1 fully saturated rings. The van der Waals surface area contributed by atoms with Crippen LogP contribution in [0.3, 0.4) is 0 Å². The molecule has 0 aliphatic carbocycles. The fourth-order valence-electron chi connectivity index (χ4n) is 2.63. The smallest absolute Gasteiger partial charge is 0.227 e. The van der Waals surface area contributed by atoms with Crippen molar-refractivity contribution < 1.29 is 4.79 Å². The SMILES string of the molecule is CCN(C(=O)Cc1ccccc1)C1CCNCC1. The predicted octanol–water partition coefficient (Wildman–Crippen LogP) is 1.83. The van der Waals surface area contributed by atoms with E-state index in [0.29, 0.717) is 12.5 Å². The molecule has 1 heterocycles. The van der Waals surface area contributed by atoms with Gasteiger partial charge in [-0.05, 0) is 38.4 Å². The normalized spacial score (nSPS) is 16.5. The molecule has 0 atom stereocenters. The Hall–Kier alpha value is -1.35. The van der Waals surface area contributed by atoms with E-state index in [0.717, 1.165) is 38.0 Å². The molecule has 1 aliphatic rings. The van der Waals surface area contributed by atoms with Crippen LogP contribution in [0.1, 0.15) is 25.3 Å². The third-order valence-corrected chi connectivity index (χ3v) is 3.61. The summed E-state index contributed by atoms with van der Waals surface area (Å²) in [5.41, 5.74) is 1.11. The summed E-state index contributed by atoms with van der Waals surface area (Å²) in [5.74, 6) is 0.260. The Bertz CT molecular complexity index is 371. The molecule has 0 saturated carbocycles. The quantitative estimate of drug-likeness (QED) is 0.879. The summed E-state index contributed by atoms with van der Waals surface area (Å²) in [6, 6.07) is 10.4. The third kappa shape index (κ3) is 3.33. The number of carbonyl (C=O) groups excluding carboxylic acids is 1. The lowest BCUT2D eigenvalue weighted by Crippen LogP contribution is -2.46. The van der Waals surface area contributed by atoms with Crippen molar-refractivity contribution in [2.75, 3.05) is 19.6 Å². The molecule has 18 heavy (non-hydrogen) atoms. The number of nitrogens with zero attached hydrogens (tertiary/aromatic N) is 1. The summed E-state index contributed by atoms with van der Waals surface area (Å²) in [4.78, 5) is 14.4. The summed E-state index contributed by atoms with van der Waals surface area (Å²) < 4.78 is 0. The van der Waals surface area contributed by atoms with Gasteiger partial charge in [0.2, 0.25) is 5.91 Å². The molecule has 98 valence electrons. The molecule has 1 saturated heterocycles. The van der Waals surface area contributed by atoms with Crippen molar-refractivity contribution in [3.63, 3.8) is 0 Å². The maximum Gasteiger partial charge on any atom is 0.227 e. The zero-order chi connectivity index (χ0) is 12.8. The Labute approximate surface area is 109 Å². The fraction of sp³-hybridized carbons (Fsp3) is 0.533. The van der Waals surface area contributed by atoms with E-state index in [1.807, 2.05) is 35.2 Å². The minimum absolute atomic E-state index is 0.260. The first-order valence-corrected chi connectivity index (χ1v) is 6.85. The lowest BCUT2D eigenvalue weighted by atomic mass is 10.0. The Morgan fingerprint density at radius 3 is 2.56 bits per heavy atom. The molecule has 3 heteroatoms. The fourth-order valence-corrected chi connectivity index (χ4v) is 2.63. The molecular formula is C15H22N2O. The van der Waals surface area contributed by atoms with Crippen LogP contribution in [0, 0.1) is 0 Å². The number of likely N-dealkylation sites (N-methyl/N-ethyl adjacent to an activating group) is 1. The minimum atomic E-state index is 0.260. The highest BCUT2D eigenvalue weighted by molar-refractivity contribution is 5.79. The molecule has 1 amide bonds. The van der Waals surface area contributed by atoms with Gasteiger partial charge in [0.1, 0.15) is 0 Å². The number of rotatable bonds is 4. The number of benzene rings is 1. The molecule has 0 unspecified atom stereocenters. The van der Waals surface area contributed by atoms with Crippen LogP contribution in [0.5, 0.6) is 0 Å². The number of amides is 1. The van der Waals surface area contributed by atoms with Crippen molar-refractivity contribution in [3.8, 4) is 0 Å².